The number of halogens is 1. The fraction of sp³-hybridized carbons (Fsp3) is 0.207. The fourth-order valence-electron chi connectivity index (χ4n) is 4.18. The van der Waals surface area contributed by atoms with Crippen molar-refractivity contribution in [2.75, 3.05) is 40.4 Å². The molecule has 1 N–H and O–H groups in total. The van der Waals surface area contributed by atoms with E-state index in [1.807, 2.05) is 18.2 Å². The Morgan fingerprint density at radius 2 is 1.64 bits per heavy atom. The molecule has 1 heterocycles. The zero-order valence-electron chi connectivity index (χ0n) is 21.6. The first-order chi connectivity index (χ1) is 18.7. The van der Waals surface area contributed by atoms with Crippen molar-refractivity contribution in [1.82, 2.24) is 9.21 Å². The van der Waals surface area contributed by atoms with Gasteiger partial charge in [0.25, 0.3) is 0 Å². The van der Waals surface area contributed by atoms with Crippen LogP contribution in [-0.2, 0) is 14.8 Å². The molecule has 0 saturated carbocycles. The zero-order chi connectivity index (χ0) is 28.0. The highest BCUT2D eigenvalue weighted by Gasteiger charge is 2.29. The molecule has 1 saturated heterocycles. The number of rotatable bonds is 8. The molecule has 204 valence electrons. The van der Waals surface area contributed by atoms with Crippen LogP contribution in [0.3, 0.4) is 0 Å². The largest absolute Gasteiger partial charge is 0.508 e. The highest BCUT2D eigenvalue weighted by atomic mass is 79.9. The Morgan fingerprint density at radius 3 is 2.28 bits per heavy atom. The number of hydrogen-bond donors (Lipinski definition) is 1. The molecular formula is C29H29BrN2O6S. The Balaban J connectivity index is 1.50. The van der Waals surface area contributed by atoms with Crippen molar-refractivity contribution in [2.24, 2.45) is 0 Å². The van der Waals surface area contributed by atoms with E-state index < -0.39 is 10.0 Å². The van der Waals surface area contributed by atoms with E-state index in [-0.39, 0.29) is 42.7 Å². The van der Waals surface area contributed by atoms with Crippen molar-refractivity contribution in [3.05, 3.63) is 87.9 Å². The molecule has 1 aliphatic rings. The molecule has 0 aromatic heterocycles. The number of carbonyl (C=O) groups is 1. The summed E-state index contributed by atoms with van der Waals surface area (Å²) in [6.45, 7) is 0.981. The summed E-state index contributed by atoms with van der Waals surface area (Å²) in [5.41, 5.74) is 2.35. The lowest BCUT2D eigenvalue weighted by atomic mass is 10.0. The molecule has 3 aromatic rings. The van der Waals surface area contributed by atoms with Crippen LogP contribution in [0.4, 0.5) is 0 Å². The van der Waals surface area contributed by atoms with E-state index in [0.29, 0.717) is 21.5 Å². The normalized spacial score (nSPS) is 14.7. The van der Waals surface area contributed by atoms with Gasteiger partial charge in [0.15, 0.2) is 0 Å². The van der Waals surface area contributed by atoms with Gasteiger partial charge in [0.05, 0.1) is 19.1 Å². The van der Waals surface area contributed by atoms with Gasteiger partial charge in [-0.25, -0.2) is 8.42 Å². The van der Waals surface area contributed by atoms with Crippen LogP contribution in [0.25, 0.3) is 18.2 Å². The first-order valence-corrected chi connectivity index (χ1v) is 14.4. The molecule has 4 rings (SSSR count). The number of phenolic OH excluding ortho intramolecular Hbond substituents is 1. The Hall–Kier alpha value is -3.60. The number of nitrogens with zero attached hydrogens (tertiary/aromatic N) is 2. The van der Waals surface area contributed by atoms with Crippen LogP contribution in [0.2, 0.25) is 0 Å². The monoisotopic (exact) mass is 612 g/mol. The number of amides is 1. The third-order valence-corrected chi connectivity index (χ3v) is 8.72. The topological polar surface area (TPSA) is 96.4 Å². The van der Waals surface area contributed by atoms with E-state index in [9.17, 15) is 18.3 Å². The lowest BCUT2D eigenvalue weighted by Crippen LogP contribution is -2.50. The van der Waals surface area contributed by atoms with E-state index in [1.165, 1.54) is 10.4 Å². The molecule has 39 heavy (non-hydrogen) atoms. The van der Waals surface area contributed by atoms with Crippen molar-refractivity contribution in [2.45, 2.75) is 4.90 Å². The van der Waals surface area contributed by atoms with Crippen molar-refractivity contribution in [3.63, 3.8) is 0 Å². The predicted molar refractivity (Wildman–Crippen MR) is 155 cm³/mol. The average molecular weight is 614 g/mol. The van der Waals surface area contributed by atoms with Gasteiger partial charge in [-0.1, -0.05) is 46.3 Å². The van der Waals surface area contributed by atoms with E-state index in [4.69, 9.17) is 9.47 Å². The standard InChI is InChI=1S/C29H29BrN2O6S/c1-37-25-18-22(9-6-21-7-10-24(33)11-8-21)27(28(20-25)38-2)12-13-29(34)31-14-16-32(17-15-31)39(35,36)26-5-3-4-23(30)19-26/h3-13,18-20,33H,14-17H2,1-2H3. The van der Waals surface area contributed by atoms with E-state index in [1.54, 1.807) is 79.8 Å². The molecule has 3 aromatic carbocycles. The SMILES string of the molecule is COc1cc(C=Cc2ccc(O)cc2)c(C=CC(=O)N2CCN(S(=O)(=O)c3cccc(Br)c3)CC2)c(OC)c1. The number of methoxy groups -OCH3 is 2. The van der Waals surface area contributed by atoms with Crippen LogP contribution in [0.1, 0.15) is 16.7 Å². The van der Waals surface area contributed by atoms with Crippen LogP contribution in [0.15, 0.2) is 76.1 Å². The Kier molecular flexibility index (Phi) is 9.11. The summed E-state index contributed by atoms with van der Waals surface area (Å²) in [6, 6.07) is 17.0. The molecule has 1 fully saturated rings. The van der Waals surface area contributed by atoms with Gasteiger partial charge in [0, 0.05) is 48.4 Å². The van der Waals surface area contributed by atoms with Crippen LogP contribution < -0.4 is 9.47 Å². The second-order valence-corrected chi connectivity index (χ2v) is 11.6. The molecule has 8 nitrogen and oxygen atoms in total. The quantitative estimate of drug-likeness (QED) is 0.287. The predicted octanol–water partition coefficient (Wildman–Crippen LogP) is 4.89. The minimum Gasteiger partial charge on any atom is -0.508 e. The maximum Gasteiger partial charge on any atom is 0.246 e. The van der Waals surface area contributed by atoms with Crippen LogP contribution in [0, 0.1) is 0 Å². The summed E-state index contributed by atoms with van der Waals surface area (Å²) < 4.78 is 39.1. The van der Waals surface area contributed by atoms with Gasteiger partial charge in [-0.05, 0) is 53.6 Å². The van der Waals surface area contributed by atoms with Crippen molar-refractivity contribution < 1.29 is 27.8 Å². The molecule has 0 spiro atoms. The summed E-state index contributed by atoms with van der Waals surface area (Å²) in [5.74, 6) is 1.10. The molecule has 0 aliphatic carbocycles. The highest BCUT2D eigenvalue weighted by Crippen LogP contribution is 2.31. The average Bonchev–Trinajstić information content (AvgIpc) is 2.95. The minimum atomic E-state index is -3.64. The first kappa shape index (κ1) is 28.4. The number of benzene rings is 3. The van der Waals surface area contributed by atoms with Crippen LogP contribution >= 0.6 is 15.9 Å². The second kappa shape index (κ2) is 12.5. The Labute approximate surface area is 237 Å². The zero-order valence-corrected chi connectivity index (χ0v) is 24.0. The van der Waals surface area contributed by atoms with Crippen molar-refractivity contribution >= 4 is 50.1 Å². The molecule has 1 aliphatic heterocycles. The van der Waals surface area contributed by atoms with E-state index in [2.05, 4.69) is 15.9 Å². The number of sulfonamides is 1. The fourth-order valence-corrected chi connectivity index (χ4v) is 6.20. The molecule has 10 heteroatoms. The molecule has 1 amide bonds. The van der Waals surface area contributed by atoms with Gasteiger partial charge < -0.3 is 19.5 Å². The minimum absolute atomic E-state index is 0.184. The maximum atomic E-state index is 13.0. The second-order valence-electron chi connectivity index (χ2n) is 8.78. The Bertz CT molecular complexity index is 1490. The van der Waals surface area contributed by atoms with Gasteiger partial charge in [-0.3, -0.25) is 4.79 Å². The molecule has 0 unspecified atom stereocenters. The van der Waals surface area contributed by atoms with Crippen LogP contribution in [0.5, 0.6) is 17.2 Å². The lowest BCUT2D eigenvalue weighted by molar-refractivity contribution is -0.127. The van der Waals surface area contributed by atoms with Gasteiger partial charge in [-0.2, -0.15) is 4.31 Å². The molecule has 0 bridgehead atoms. The van der Waals surface area contributed by atoms with Gasteiger partial charge in [0.2, 0.25) is 15.9 Å². The molecule has 0 radical (unpaired) electrons. The number of aromatic hydroxyl groups is 1. The number of carbonyl (C=O) groups excluding carboxylic acids is 1. The summed E-state index contributed by atoms with van der Waals surface area (Å²) >= 11 is 3.32. The first-order valence-electron chi connectivity index (χ1n) is 12.2. The van der Waals surface area contributed by atoms with Crippen LogP contribution in [-0.4, -0.2) is 69.0 Å². The van der Waals surface area contributed by atoms with E-state index in [0.717, 1.165) is 11.1 Å². The molecular weight excluding hydrogens is 584 g/mol. The Morgan fingerprint density at radius 1 is 0.923 bits per heavy atom. The third kappa shape index (κ3) is 6.89. The number of phenols is 1. The van der Waals surface area contributed by atoms with Gasteiger partial charge in [0.1, 0.15) is 17.2 Å². The molecule has 0 atom stereocenters. The number of ether oxygens (including phenoxy) is 2. The van der Waals surface area contributed by atoms with Gasteiger partial charge in [-0.15, -0.1) is 0 Å². The maximum absolute atomic E-state index is 13.0. The smallest absolute Gasteiger partial charge is 0.246 e. The summed E-state index contributed by atoms with van der Waals surface area (Å²) in [7, 11) is -0.529. The van der Waals surface area contributed by atoms with Crippen molar-refractivity contribution in [3.8, 4) is 17.2 Å². The lowest BCUT2D eigenvalue weighted by Gasteiger charge is -2.33. The summed E-state index contributed by atoms with van der Waals surface area (Å²) in [5, 5.41) is 9.53. The van der Waals surface area contributed by atoms with Crippen molar-refractivity contribution in [1.29, 1.82) is 0 Å². The third-order valence-electron chi connectivity index (χ3n) is 6.33. The summed E-state index contributed by atoms with van der Waals surface area (Å²) in [4.78, 5) is 14.9. The highest BCUT2D eigenvalue weighted by molar-refractivity contribution is 9.10. The van der Waals surface area contributed by atoms with E-state index >= 15 is 0 Å². The van der Waals surface area contributed by atoms with Gasteiger partial charge >= 0.3 is 0 Å². The number of piperazine rings is 1. The number of hydrogen-bond acceptors (Lipinski definition) is 6. The summed E-state index contributed by atoms with van der Waals surface area (Å²) in [6.07, 6.45) is 6.94.